The summed E-state index contributed by atoms with van der Waals surface area (Å²) in [6.45, 7) is 14.5. The summed E-state index contributed by atoms with van der Waals surface area (Å²) in [6.07, 6.45) is 3.99. The van der Waals surface area contributed by atoms with Gasteiger partial charge in [-0.25, -0.2) is 24.1 Å². The molecule has 0 radical (unpaired) electrons. The number of amides is 2. The van der Waals surface area contributed by atoms with Gasteiger partial charge >= 0.3 is 6.09 Å². The maximum Gasteiger partial charge on any atom is 0.410 e. The molecular weight excluding hydrogens is 699 g/mol. The van der Waals surface area contributed by atoms with E-state index in [-0.39, 0.29) is 64.9 Å². The van der Waals surface area contributed by atoms with E-state index in [1.165, 1.54) is 27.9 Å². The van der Waals surface area contributed by atoms with Crippen LogP contribution in [-0.2, 0) is 9.53 Å². The van der Waals surface area contributed by atoms with Crippen LogP contribution in [0.4, 0.5) is 14.9 Å². The van der Waals surface area contributed by atoms with Crippen LogP contribution in [0.1, 0.15) is 77.3 Å². The fraction of sp³-hybridized carbons (Fsp3) is 0.410. The van der Waals surface area contributed by atoms with Gasteiger partial charge in [-0.15, -0.1) is 0 Å². The van der Waals surface area contributed by atoms with Crippen molar-refractivity contribution in [3.63, 3.8) is 0 Å². The standard InChI is InChI=1S/C39H44ClFN8O4/c1-23(2)31-35(32(24(3)4)44-22-43-31)49-36-26(20-28(40)33(45-36)25-12-9-10-13-29(25)41)34(27(21-42)37(49)51)48-18-16-47(17-19-48)30(50)14-11-15-46(8)38(52)53-39(5,6)7/h9-14,20,22-24H,15-19H2,1-8H3/b14-11+. The minimum absolute atomic E-state index is 0.130. The number of carbonyl (C=O) groups excluding carboxylic acids is 2. The molecule has 0 saturated carbocycles. The van der Waals surface area contributed by atoms with Crippen LogP contribution in [0.3, 0.4) is 0 Å². The number of nitriles is 1. The van der Waals surface area contributed by atoms with Gasteiger partial charge in [0.25, 0.3) is 5.56 Å². The largest absolute Gasteiger partial charge is 0.444 e. The van der Waals surface area contributed by atoms with Crippen LogP contribution in [0.5, 0.6) is 0 Å². The maximum atomic E-state index is 15.2. The van der Waals surface area contributed by atoms with Gasteiger partial charge in [0, 0.05) is 56.8 Å². The monoisotopic (exact) mass is 742 g/mol. The molecule has 1 aromatic carbocycles. The predicted molar refractivity (Wildman–Crippen MR) is 203 cm³/mol. The van der Waals surface area contributed by atoms with Crippen LogP contribution in [0.25, 0.3) is 28.0 Å². The number of likely N-dealkylation sites (N-methyl/N-ethyl adjacent to an activating group) is 1. The van der Waals surface area contributed by atoms with Gasteiger partial charge in [-0.1, -0.05) is 57.5 Å². The van der Waals surface area contributed by atoms with E-state index in [1.807, 2.05) is 32.6 Å². The molecule has 1 aliphatic rings. The molecule has 4 aromatic rings. The smallest absolute Gasteiger partial charge is 0.410 e. The Morgan fingerprint density at radius 1 is 1.06 bits per heavy atom. The highest BCUT2D eigenvalue weighted by Crippen LogP contribution is 2.38. The molecule has 53 heavy (non-hydrogen) atoms. The quantitative estimate of drug-likeness (QED) is 0.178. The fourth-order valence-corrected chi connectivity index (χ4v) is 6.46. The Hall–Kier alpha value is -5.35. The Morgan fingerprint density at radius 3 is 2.25 bits per heavy atom. The van der Waals surface area contributed by atoms with Crippen molar-refractivity contribution < 1.29 is 18.7 Å². The molecule has 278 valence electrons. The molecule has 14 heteroatoms. The second kappa shape index (κ2) is 15.7. The van der Waals surface area contributed by atoms with Crippen LogP contribution in [-0.4, -0.2) is 86.7 Å². The number of rotatable bonds is 8. The molecule has 2 amide bonds. The zero-order valence-electron chi connectivity index (χ0n) is 31.3. The summed E-state index contributed by atoms with van der Waals surface area (Å²) in [6, 6.07) is 9.88. The van der Waals surface area contributed by atoms with E-state index in [9.17, 15) is 19.6 Å². The van der Waals surface area contributed by atoms with Crippen molar-refractivity contribution >= 4 is 40.3 Å². The van der Waals surface area contributed by atoms with Crippen LogP contribution in [0, 0.1) is 17.1 Å². The van der Waals surface area contributed by atoms with E-state index in [0.29, 0.717) is 41.2 Å². The summed E-state index contributed by atoms with van der Waals surface area (Å²) in [4.78, 5) is 59.0. The Morgan fingerprint density at radius 2 is 1.68 bits per heavy atom. The molecule has 0 atom stereocenters. The molecule has 0 aliphatic carbocycles. The first kappa shape index (κ1) is 38.9. The Labute approximate surface area is 313 Å². The summed E-state index contributed by atoms with van der Waals surface area (Å²) < 4.78 is 21.9. The number of piperazine rings is 1. The highest BCUT2D eigenvalue weighted by atomic mass is 35.5. The first-order valence-electron chi connectivity index (χ1n) is 17.5. The van der Waals surface area contributed by atoms with Crippen molar-refractivity contribution in [1.29, 1.82) is 5.26 Å². The predicted octanol–water partition coefficient (Wildman–Crippen LogP) is 6.83. The number of pyridine rings is 2. The lowest BCUT2D eigenvalue weighted by Gasteiger charge is -2.36. The van der Waals surface area contributed by atoms with Crippen molar-refractivity contribution in [2.45, 2.75) is 65.9 Å². The van der Waals surface area contributed by atoms with Crippen molar-refractivity contribution in [2.75, 3.05) is 44.7 Å². The lowest BCUT2D eigenvalue weighted by atomic mass is 10.00. The van der Waals surface area contributed by atoms with Gasteiger partial charge in [0.1, 0.15) is 35.0 Å². The number of hydrogen-bond acceptors (Lipinski definition) is 9. The summed E-state index contributed by atoms with van der Waals surface area (Å²) >= 11 is 6.87. The zero-order valence-corrected chi connectivity index (χ0v) is 32.0. The molecular formula is C39H44ClFN8O4. The summed E-state index contributed by atoms with van der Waals surface area (Å²) in [5.41, 5.74) is 0.982. The molecule has 1 aliphatic heterocycles. The molecule has 3 aromatic heterocycles. The number of aromatic nitrogens is 4. The van der Waals surface area contributed by atoms with Crippen molar-refractivity contribution in [3.8, 4) is 23.0 Å². The molecule has 4 heterocycles. The van der Waals surface area contributed by atoms with Crippen LogP contribution in [0.15, 0.2) is 53.6 Å². The first-order valence-corrected chi connectivity index (χ1v) is 17.9. The number of hydrogen-bond donors (Lipinski definition) is 0. The van der Waals surface area contributed by atoms with Gasteiger partial charge in [0.15, 0.2) is 0 Å². The maximum absolute atomic E-state index is 15.2. The Balaban J connectivity index is 1.59. The highest BCUT2D eigenvalue weighted by molar-refractivity contribution is 6.34. The van der Waals surface area contributed by atoms with Crippen LogP contribution in [0.2, 0.25) is 5.02 Å². The first-order chi connectivity index (χ1) is 25.0. The van der Waals surface area contributed by atoms with Gasteiger partial charge in [0.05, 0.1) is 33.5 Å². The molecule has 0 spiro atoms. The van der Waals surface area contributed by atoms with Gasteiger partial charge in [-0.3, -0.25) is 14.2 Å². The molecule has 0 N–H and O–H groups in total. The Bertz CT molecular complexity index is 2150. The third kappa shape index (κ3) is 8.18. The van der Waals surface area contributed by atoms with E-state index in [1.54, 1.807) is 63.1 Å². The number of anilines is 1. The second-order valence-corrected chi connectivity index (χ2v) is 14.9. The summed E-state index contributed by atoms with van der Waals surface area (Å²) in [5.74, 6) is -1.04. The molecule has 0 unspecified atom stereocenters. The van der Waals surface area contributed by atoms with E-state index >= 15 is 4.39 Å². The summed E-state index contributed by atoms with van der Waals surface area (Å²) in [7, 11) is 1.59. The van der Waals surface area contributed by atoms with Crippen molar-refractivity contribution in [3.05, 3.63) is 87.0 Å². The third-order valence-corrected chi connectivity index (χ3v) is 9.05. The number of nitrogens with zero attached hydrogens (tertiary/aromatic N) is 8. The van der Waals surface area contributed by atoms with E-state index in [2.05, 4.69) is 16.0 Å². The average Bonchev–Trinajstić information content (AvgIpc) is 3.10. The topological polar surface area (TPSA) is 138 Å². The fourth-order valence-electron chi connectivity index (χ4n) is 6.21. The van der Waals surface area contributed by atoms with Crippen molar-refractivity contribution in [2.24, 2.45) is 0 Å². The number of halogens is 2. The highest BCUT2D eigenvalue weighted by Gasteiger charge is 2.31. The minimum atomic E-state index is -0.638. The van der Waals surface area contributed by atoms with Gasteiger partial charge in [-0.2, -0.15) is 5.26 Å². The number of carbonyl (C=O) groups is 2. The van der Waals surface area contributed by atoms with Crippen LogP contribution >= 0.6 is 11.6 Å². The number of benzene rings is 1. The molecule has 12 nitrogen and oxygen atoms in total. The second-order valence-electron chi connectivity index (χ2n) is 14.5. The molecule has 0 bridgehead atoms. The number of ether oxygens (including phenoxy) is 1. The van der Waals surface area contributed by atoms with Gasteiger partial charge in [0.2, 0.25) is 5.91 Å². The minimum Gasteiger partial charge on any atom is -0.444 e. The van der Waals surface area contributed by atoms with E-state index < -0.39 is 23.1 Å². The zero-order chi connectivity index (χ0) is 38.8. The van der Waals surface area contributed by atoms with Gasteiger partial charge in [-0.05, 0) is 50.8 Å². The lowest BCUT2D eigenvalue weighted by Crippen LogP contribution is -2.49. The Kier molecular flexibility index (Phi) is 11.5. The molecule has 5 rings (SSSR count). The van der Waals surface area contributed by atoms with E-state index in [0.717, 1.165) is 0 Å². The lowest BCUT2D eigenvalue weighted by molar-refractivity contribution is -0.126. The third-order valence-electron chi connectivity index (χ3n) is 8.77. The molecule has 1 fully saturated rings. The van der Waals surface area contributed by atoms with Crippen molar-refractivity contribution in [1.82, 2.24) is 29.3 Å². The summed E-state index contributed by atoms with van der Waals surface area (Å²) in [5, 5.41) is 11.1. The molecule has 1 saturated heterocycles. The van der Waals surface area contributed by atoms with Crippen LogP contribution < -0.4 is 10.5 Å². The van der Waals surface area contributed by atoms with Gasteiger partial charge < -0.3 is 19.4 Å². The SMILES string of the molecule is CC(C)c1ncnc(C(C)C)c1-n1c(=O)c(C#N)c(N2CCN(C(=O)/C=C/CN(C)C(=O)OC(C)(C)C)CC2)c2cc(Cl)c(-c3ccccc3F)nc21. The average molecular weight is 743 g/mol. The normalized spacial score (nSPS) is 13.6. The number of fused-ring (bicyclic) bond motifs is 1. The van der Waals surface area contributed by atoms with E-state index in [4.69, 9.17) is 21.3 Å².